The summed E-state index contributed by atoms with van der Waals surface area (Å²) >= 11 is -1.22. The van der Waals surface area contributed by atoms with E-state index in [2.05, 4.69) is 0 Å². The highest BCUT2D eigenvalue weighted by Crippen LogP contribution is 2.10. The number of aliphatic hydroxyl groups excluding tert-OH is 2. The van der Waals surface area contributed by atoms with Gasteiger partial charge in [0.05, 0.1) is 6.61 Å². The Balaban J connectivity index is 2.53. The monoisotopic (exact) mass is 200 g/mol. The first-order chi connectivity index (χ1) is 6.24. The van der Waals surface area contributed by atoms with Crippen molar-refractivity contribution in [2.45, 2.75) is 11.0 Å². The van der Waals surface area contributed by atoms with Gasteiger partial charge in [0.2, 0.25) is 0 Å². The molecule has 72 valence electrons. The van der Waals surface area contributed by atoms with Gasteiger partial charge in [0.1, 0.15) is 11.9 Å². The van der Waals surface area contributed by atoms with Crippen molar-refractivity contribution in [3.63, 3.8) is 0 Å². The molecule has 0 aromatic heterocycles. The van der Waals surface area contributed by atoms with Crippen molar-refractivity contribution < 1.29 is 14.8 Å². The van der Waals surface area contributed by atoms with E-state index in [0.29, 0.717) is 4.90 Å². The Morgan fingerprint density at radius 3 is 2.46 bits per heavy atom. The van der Waals surface area contributed by atoms with Gasteiger partial charge in [-0.05, 0) is 23.3 Å². The van der Waals surface area contributed by atoms with Gasteiger partial charge in [-0.25, -0.2) is 0 Å². The van der Waals surface area contributed by atoms with E-state index in [9.17, 15) is 4.55 Å². The molecule has 0 heterocycles. The standard InChI is InChI=1S/C9H12O3S/c10-6-8(11)7-13(12)9-4-2-1-3-5-9/h1-5,8,10-11H,6-7H2. The second-order valence-electron chi connectivity index (χ2n) is 2.66. The highest BCUT2D eigenvalue weighted by Gasteiger charge is 2.15. The largest absolute Gasteiger partial charge is 0.611 e. The summed E-state index contributed by atoms with van der Waals surface area (Å²) in [5, 5.41) is 17.6. The van der Waals surface area contributed by atoms with E-state index in [4.69, 9.17) is 10.2 Å². The van der Waals surface area contributed by atoms with E-state index < -0.39 is 17.3 Å². The minimum Gasteiger partial charge on any atom is -0.611 e. The van der Waals surface area contributed by atoms with E-state index in [1.165, 1.54) is 0 Å². The van der Waals surface area contributed by atoms with Crippen LogP contribution in [0.3, 0.4) is 0 Å². The predicted molar refractivity (Wildman–Crippen MR) is 50.8 cm³/mol. The van der Waals surface area contributed by atoms with Crippen LogP contribution in [0.15, 0.2) is 35.2 Å². The average Bonchev–Trinajstić information content (AvgIpc) is 2.19. The van der Waals surface area contributed by atoms with Crippen LogP contribution in [0, 0.1) is 0 Å². The van der Waals surface area contributed by atoms with Crippen molar-refractivity contribution in [3.8, 4) is 0 Å². The van der Waals surface area contributed by atoms with Crippen molar-refractivity contribution in [1.29, 1.82) is 0 Å². The second kappa shape index (κ2) is 5.24. The van der Waals surface area contributed by atoms with Gasteiger partial charge in [-0.3, -0.25) is 0 Å². The third-order valence-electron chi connectivity index (χ3n) is 1.56. The van der Waals surface area contributed by atoms with Crippen LogP contribution >= 0.6 is 0 Å². The average molecular weight is 200 g/mol. The molecule has 0 saturated heterocycles. The van der Waals surface area contributed by atoms with Crippen molar-refractivity contribution in [3.05, 3.63) is 30.3 Å². The molecule has 0 aliphatic heterocycles. The van der Waals surface area contributed by atoms with Crippen molar-refractivity contribution >= 4 is 11.2 Å². The summed E-state index contributed by atoms with van der Waals surface area (Å²) in [5.41, 5.74) is 0. The van der Waals surface area contributed by atoms with E-state index in [0.717, 1.165) is 0 Å². The van der Waals surface area contributed by atoms with Gasteiger partial charge in [0.15, 0.2) is 4.90 Å². The molecule has 0 saturated carbocycles. The van der Waals surface area contributed by atoms with Crippen molar-refractivity contribution in [2.75, 3.05) is 12.4 Å². The molecule has 0 fully saturated rings. The zero-order valence-electron chi connectivity index (χ0n) is 7.09. The van der Waals surface area contributed by atoms with Crippen LogP contribution in [0.2, 0.25) is 0 Å². The van der Waals surface area contributed by atoms with Gasteiger partial charge >= 0.3 is 0 Å². The van der Waals surface area contributed by atoms with Crippen LogP contribution in [0.1, 0.15) is 0 Å². The Morgan fingerprint density at radius 1 is 1.31 bits per heavy atom. The quantitative estimate of drug-likeness (QED) is 0.680. The number of hydrogen-bond acceptors (Lipinski definition) is 3. The molecule has 0 bridgehead atoms. The molecule has 2 N–H and O–H groups in total. The number of benzene rings is 1. The number of hydrogen-bond donors (Lipinski definition) is 2. The first kappa shape index (κ1) is 10.5. The topological polar surface area (TPSA) is 63.5 Å². The summed E-state index contributed by atoms with van der Waals surface area (Å²) in [5.74, 6) is 0.0838. The highest BCUT2D eigenvalue weighted by molar-refractivity contribution is 7.91. The predicted octanol–water partition coefficient (Wildman–Crippen LogP) is 0.147. The van der Waals surface area contributed by atoms with Gasteiger partial charge in [-0.2, -0.15) is 0 Å². The van der Waals surface area contributed by atoms with Gasteiger partial charge in [0, 0.05) is 0 Å². The molecule has 0 spiro atoms. The third-order valence-corrected chi connectivity index (χ3v) is 3.05. The fraction of sp³-hybridized carbons (Fsp3) is 0.333. The van der Waals surface area contributed by atoms with Crippen molar-refractivity contribution in [2.24, 2.45) is 0 Å². The number of aliphatic hydroxyl groups is 2. The molecule has 0 radical (unpaired) electrons. The first-order valence-corrected chi connectivity index (χ1v) is 5.28. The van der Waals surface area contributed by atoms with Crippen LogP contribution in [0.4, 0.5) is 0 Å². The Hall–Kier alpha value is -0.550. The Labute approximate surface area is 80.2 Å². The maximum absolute atomic E-state index is 11.5. The lowest BCUT2D eigenvalue weighted by Gasteiger charge is -2.12. The van der Waals surface area contributed by atoms with Crippen LogP contribution in [-0.4, -0.2) is 33.2 Å². The fourth-order valence-electron chi connectivity index (χ4n) is 0.896. The Bertz CT molecular complexity index is 240. The highest BCUT2D eigenvalue weighted by atomic mass is 32.2. The fourth-order valence-corrected chi connectivity index (χ4v) is 2.00. The molecule has 3 nitrogen and oxygen atoms in total. The summed E-state index contributed by atoms with van der Waals surface area (Å²) in [4.78, 5) is 0.676. The van der Waals surface area contributed by atoms with Crippen LogP contribution in [0.25, 0.3) is 0 Å². The maximum Gasteiger partial charge on any atom is 0.152 e. The molecule has 0 amide bonds. The lowest BCUT2D eigenvalue weighted by atomic mass is 10.4. The van der Waals surface area contributed by atoms with Crippen LogP contribution in [0.5, 0.6) is 0 Å². The smallest absolute Gasteiger partial charge is 0.152 e. The van der Waals surface area contributed by atoms with E-state index in [1.54, 1.807) is 24.3 Å². The van der Waals surface area contributed by atoms with Crippen LogP contribution < -0.4 is 0 Å². The van der Waals surface area contributed by atoms with Crippen LogP contribution in [-0.2, 0) is 11.2 Å². The summed E-state index contributed by atoms with van der Waals surface area (Å²) in [7, 11) is 0. The number of rotatable bonds is 4. The minimum atomic E-state index is -1.22. The molecule has 0 aliphatic carbocycles. The summed E-state index contributed by atoms with van der Waals surface area (Å²) in [6.07, 6.45) is -0.902. The van der Waals surface area contributed by atoms with E-state index >= 15 is 0 Å². The van der Waals surface area contributed by atoms with E-state index in [-0.39, 0.29) is 12.4 Å². The molecule has 0 aliphatic rings. The summed E-state index contributed by atoms with van der Waals surface area (Å²) < 4.78 is 11.5. The van der Waals surface area contributed by atoms with Gasteiger partial charge in [-0.1, -0.05) is 18.2 Å². The molecular formula is C9H12O3S. The minimum absolute atomic E-state index is 0.0838. The van der Waals surface area contributed by atoms with E-state index in [1.807, 2.05) is 6.07 Å². The third kappa shape index (κ3) is 3.36. The Kier molecular flexibility index (Phi) is 4.24. The molecule has 1 rings (SSSR count). The maximum atomic E-state index is 11.5. The molecule has 13 heavy (non-hydrogen) atoms. The van der Waals surface area contributed by atoms with Gasteiger partial charge in [0.25, 0.3) is 0 Å². The molecule has 1 aromatic rings. The molecule has 2 atom stereocenters. The summed E-state index contributed by atoms with van der Waals surface area (Å²) in [6, 6.07) is 8.89. The summed E-state index contributed by atoms with van der Waals surface area (Å²) in [6.45, 7) is -0.349. The molecular weight excluding hydrogens is 188 g/mol. The molecule has 4 heteroatoms. The van der Waals surface area contributed by atoms with Crippen molar-refractivity contribution in [1.82, 2.24) is 0 Å². The zero-order chi connectivity index (χ0) is 9.68. The lowest BCUT2D eigenvalue weighted by molar-refractivity contribution is 0.112. The zero-order valence-corrected chi connectivity index (χ0v) is 7.91. The van der Waals surface area contributed by atoms with Gasteiger partial charge in [-0.15, -0.1) is 0 Å². The molecule has 1 aromatic carbocycles. The normalized spacial score (nSPS) is 15.3. The Morgan fingerprint density at radius 2 is 1.92 bits per heavy atom. The molecule has 2 unspecified atom stereocenters. The first-order valence-electron chi connectivity index (χ1n) is 3.96. The SMILES string of the molecule is [O-][S+](CC(O)CO)c1ccccc1. The second-order valence-corrected chi connectivity index (χ2v) is 4.16. The lowest BCUT2D eigenvalue weighted by Crippen LogP contribution is -2.24. The van der Waals surface area contributed by atoms with Gasteiger partial charge < -0.3 is 14.8 Å².